The Balaban J connectivity index is 1.74. The standard InChI is InChI=1S/C24H28N6O4/c1-24(2,33-4)22-27-26-21-20-19(13-17(14-25-20)28-9-11-34-12-10-28)29(23(31)30(21)22)15-16-5-7-18(32-3)8-6-16/h5-8,13-14H,9-12,15H2,1-4H3. The summed E-state index contributed by atoms with van der Waals surface area (Å²) in [5.41, 5.74) is 2.57. The molecule has 1 saturated heterocycles. The van der Waals surface area contributed by atoms with Gasteiger partial charge in [-0.25, -0.2) is 14.2 Å². The molecular weight excluding hydrogens is 436 g/mol. The molecule has 0 radical (unpaired) electrons. The summed E-state index contributed by atoms with van der Waals surface area (Å²) in [6.07, 6.45) is 1.83. The molecule has 1 fully saturated rings. The van der Waals surface area contributed by atoms with E-state index in [-0.39, 0.29) is 5.69 Å². The summed E-state index contributed by atoms with van der Waals surface area (Å²) in [7, 11) is 3.22. The molecule has 1 aliphatic heterocycles. The van der Waals surface area contributed by atoms with Gasteiger partial charge in [0.25, 0.3) is 0 Å². The zero-order valence-electron chi connectivity index (χ0n) is 19.8. The average Bonchev–Trinajstić information content (AvgIpc) is 3.34. The van der Waals surface area contributed by atoms with Crippen molar-refractivity contribution in [1.29, 1.82) is 0 Å². The number of anilines is 1. The van der Waals surface area contributed by atoms with Gasteiger partial charge in [0.05, 0.1) is 44.3 Å². The number of aromatic nitrogens is 5. The SMILES string of the molecule is COc1ccc(Cn2c(=O)n3c(C(C)(C)OC)nnc3c3ncc(N4CCOCC4)cc32)cc1. The number of rotatable bonds is 6. The molecular formula is C24H28N6O4. The minimum atomic E-state index is -0.808. The lowest BCUT2D eigenvalue weighted by Crippen LogP contribution is -2.36. The van der Waals surface area contributed by atoms with Crippen molar-refractivity contribution in [2.24, 2.45) is 0 Å². The number of methoxy groups -OCH3 is 2. The minimum absolute atomic E-state index is 0.246. The van der Waals surface area contributed by atoms with Gasteiger partial charge in [0.1, 0.15) is 16.9 Å². The summed E-state index contributed by atoms with van der Waals surface area (Å²) in [5.74, 6) is 1.19. The predicted octanol–water partition coefficient (Wildman–Crippen LogP) is 2.21. The molecule has 0 N–H and O–H groups in total. The van der Waals surface area contributed by atoms with Gasteiger partial charge in [-0.1, -0.05) is 12.1 Å². The van der Waals surface area contributed by atoms with Gasteiger partial charge in [-0.05, 0) is 37.6 Å². The van der Waals surface area contributed by atoms with Gasteiger partial charge in [-0.3, -0.25) is 4.57 Å². The Morgan fingerprint density at radius 2 is 1.82 bits per heavy atom. The number of hydrogen-bond donors (Lipinski definition) is 0. The fourth-order valence-electron chi connectivity index (χ4n) is 4.21. The number of nitrogens with zero attached hydrogens (tertiary/aromatic N) is 6. The zero-order valence-corrected chi connectivity index (χ0v) is 19.8. The van der Waals surface area contributed by atoms with E-state index in [1.54, 1.807) is 18.8 Å². The second-order valence-electron chi connectivity index (χ2n) is 8.77. The fraction of sp³-hybridized carbons (Fsp3) is 0.417. The lowest BCUT2D eigenvalue weighted by molar-refractivity contribution is 0.0103. The van der Waals surface area contributed by atoms with Crippen molar-refractivity contribution in [3.63, 3.8) is 0 Å². The second kappa shape index (κ2) is 8.69. The first-order valence-corrected chi connectivity index (χ1v) is 11.2. The highest BCUT2D eigenvalue weighted by Crippen LogP contribution is 2.27. The Morgan fingerprint density at radius 1 is 1.09 bits per heavy atom. The van der Waals surface area contributed by atoms with Gasteiger partial charge in [-0.2, -0.15) is 0 Å². The van der Waals surface area contributed by atoms with Crippen molar-refractivity contribution in [2.75, 3.05) is 45.4 Å². The first-order chi connectivity index (χ1) is 16.4. The number of morpholine rings is 1. The quantitative estimate of drug-likeness (QED) is 0.429. The van der Waals surface area contributed by atoms with Crippen molar-refractivity contribution < 1.29 is 14.2 Å². The van der Waals surface area contributed by atoms with Crippen LogP contribution in [-0.2, 0) is 21.6 Å². The molecule has 4 aromatic rings. The molecule has 4 heterocycles. The third-order valence-electron chi connectivity index (χ3n) is 6.37. The van der Waals surface area contributed by atoms with Gasteiger partial charge >= 0.3 is 5.69 Å². The number of pyridine rings is 1. The maximum absolute atomic E-state index is 13.9. The Labute approximate surface area is 196 Å². The van der Waals surface area contributed by atoms with E-state index >= 15 is 0 Å². The third kappa shape index (κ3) is 3.78. The molecule has 34 heavy (non-hydrogen) atoms. The monoisotopic (exact) mass is 464 g/mol. The Morgan fingerprint density at radius 3 is 2.50 bits per heavy atom. The molecule has 0 spiro atoms. The Bertz CT molecular complexity index is 1390. The summed E-state index contributed by atoms with van der Waals surface area (Å²) in [6, 6.07) is 9.68. The average molecular weight is 465 g/mol. The summed E-state index contributed by atoms with van der Waals surface area (Å²) >= 11 is 0. The molecule has 0 aliphatic carbocycles. The van der Waals surface area contributed by atoms with E-state index in [0.29, 0.717) is 42.3 Å². The lowest BCUT2D eigenvalue weighted by Gasteiger charge is -2.29. The summed E-state index contributed by atoms with van der Waals surface area (Å²) in [5, 5.41) is 8.66. The molecule has 0 saturated carbocycles. The van der Waals surface area contributed by atoms with Gasteiger partial charge in [0.15, 0.2) is 11.5 Å². The van der Waals surface area contributed by atoms with Crippen LogP contribution in [0.1, 0.15) is 25.2 Å². The van der Waals surface area contributed by atoms with E-state index in [0.717, 1.165) is 30.1 Å². The molecule has 1 aliphatic rings. The van der Waals surface area contributed by atoms with Crippen molar-refractivity contribution in [3.05, 3.63) is 58.4 Å². The highest BCUT2D eigenvalue weighted by molar-refractivity contribution is 5.89. The maximum Gasteiger partial charge on any atom is 0.336 e. The molecule has 10 nitrogen and oxygen atoms in total. The number of hydrogen-bond acceptors (Lipinski definition) is 8. The molecule has 0 amide bonds. The third-order valence-corrected chi connectivity index (χ3v) is 6.37. The molecule has 3 aromatic heterocycles. The number of ether oxygens (including phenoxy) is 3. The molecule has 0 atom stereocenters. The van der Waals surface area contributed by atoms with Crippen LogP contribution in [0.4, 0.5) is 5.69 Å². The molecule has 0 bridgehead atoms. The number of benzene rings is 1. The van der Waals surface area contributed by atoms with Crippen LogP contribution in [0.3, 0.4) is 0 Å². The largest absolute Gasteiger partial charge is 0.497 e. The summed E-state index contributed by atoms with van der Waals surface area (Å²) in [6.45, 7) is 6.94. The Hall–Kier alpha value is -3.50. The van der Waals surface area contributed by atoms with Crippen LogP contribution in [0.15, 0.2) is 41.3 Å². The van der Waals surface area contributed by atoms with Gasteiger partial charge in [0.2, 0.25) is 0 Å². The first kappa shape index (κ1) is 22.3. The van der Waals surface area contributed by atoms with Crippen molar-refractivity contribution in [1.82, 2.24) is 24.1 Å². The van der Waals surface area contributed by atoms with E-state index in [1.807, 2.05) is 50.4 Å². The molecule has 0 unspecified atom stereocenters. The van der Waals surface area contributed by atoms with Crippen LogP contribution in [0.25, 0.3) is 16.7 Å². The summed E-state index contributed by atoms with van der Waals surface area (Å²) < 4.78 is 19.6. The van der Waals surface area contributed by atoms with Crippen molar-refractivity contribution in [3.8, 4) is 5.75 Å². The van der Waals surface area contributed by atoms with Crippen molar-refractivity contribution in [2.45, 2.75) is 26.0 Å². The van der Waals surface area contributed by atoms with Gasteiger partial charge < -0.3 is 19.1 Å². The Kier molecular flexibility index (Phi) is 5.70. The van der Waals surface area contributed by atoms with Gasteiger partial charge in [-0.15, -0.1) is 10.2 Å². The minimum Gasteiger partial charge on any atom is -0.497 e. The highest BCUT2D eigenvalue weighted by Gasteiger charge is 2.29. The molecule has 10 heteroatoms. The van der Waals surface area contributed by atoms with E-state index in [1.165, 1.54) is 4.40 Å². The first-order valence-electron chi connectivity index (χ1n) is 11.2. The van der Waals surface area contributed by atoms with Gasteiger partial charge in [0, 0.05) is 20.2 Å². The van der Waals surface area contributed by atoms with Crippen LogP contribution in [0, 0.1) is 0 Å². The number of fused-ring (bicyclic) bond motifs is 3. The summed E-state index contributed by atoms with van der Waals surface area (Å²) in [4.78, 5) is 20.9. The van der Waals surface area contributed by atoms with Crippen LogP contribution < -0.4 is 15.3 Å². The van der Waals surface area contributed by atoms with Crippen molar-refractivity contribution >= 4 is 22.4 Å². The second-order valence-corrected chi connectivity index (χ2v) is 8.77. The highest BCUT2D eigenvalue weighted by atomic mass is 16.5. The predicted molar refractivity (Wildman–Crippen MR) is 128 cm³/mol. The zero-order chi connectivity index (χ0) is 23.9. The van der Waals surface area contributed by atoms with Crippen LogP contribution >= 0.6 is 0 Å². The lowest BCUT2D eigenvalue weighted by atomic mass is 10.1. The van der Waals surface area contributed by atoms with E-state index in [4.69, 9.17) is 19.2 Å². The van der Waals surface area contributed by atoms with E-state index in [9.17, 15) is 4.79 Å². The van der Waals surface area contributed by atoms with Crippen LogP contribution in [0.5, 0.6) is 5.75 Å². The smallest absolute Gasteiger partial charge is 0.336 e. The van der Waals surface area contributed by atoms with E-state index < -0.39 is 5.60 Å². The maximum atomic E-state index is 13.9. The van der Waals surface area contributed by atoms with Crippen LogP contribution in [0.2, 0.25) is 0 Å². The molecule has 178 valence electrons. The fourth-order valence-corrected chi connectivity index (χ4v) is 4.21. The normalized spacial score (nSPS) is 14.8. The topological polar surface area (TPSA) is 96.0 Å². The van der Waals surface area contributed by atoms with Crippen LogP contribution in [-0.4, -0.2) is 64.7 Å². The molecule has 5 rings (SSSR count). The van der Waals surface area contributed by atoms with E-state index in [2.05, 4.69) is 15.1 Å². The molecule has 1 aromatic carbocycles.